The molecule has 1 N–H and O–H groups in total. The first-order valence-corrected chi connectivity index (χ1v) is 6.45. The third-order valence-electron chi connectivity index (χ3n) is 3.69. The average molecular weight is 243 g/mol. The summed E-state index contributed by atoms with van der Waals surface area (Å²) in [6.07, 6.45) is 3.54. The second-order valence-electron chi connectivity index (χ2n) is 5.00. The van der Waals surface area contributed by atoms with E-state index in [1.807, 2.05) is 12.3 Å². The minimum Gasteiger partial charge on any atom is -0.381 e. The number of aryl methyl sites for hydroxylation is 1. The van der Waals surface area contributed by atoms with E-state index >= 15 is 0 Å². The smallest absolute Gasteiger partial charge is 0.168 e. The van der Waals surface area contributed by atoms with E-state index in [0.29, 0.717) is 13.2 Å². The van der Waals surface area contributed by atoms with Crippen molar-refractivity contribution in [3.8, 4) is 0 Å². The topological polar surface area (TPSA) is 42.1 Å². The van der Waals surface area contributed by atoms with Gasteiger partial charge in [-0.3, -0.25) is 4.79 Å². The molecule has 94 valence electrons. The van der Waals surface area contributed by atoms with Gasteiger partial charge in [0.15, 0.2) is 5.78 Å². The van der Waals surface area contributed by atoms with Gasteiger partial charge in [-0.25, -0.2) is 0 Å². The Morgan fingerprint density at radius 2 is 2.11 bits per heavy atom. The predicted molar refractivity (Wildman–Crippen MR) is 70.9 cm³/mol. The average Bonchev–Trinajstić information content (AvgIpc) is 2.82. The lowest BCUT2D eigenvalue weighted by atomic mass is 9.90. The maximum atomic E-state index is 12.5. The van der Waals surface area contributed by atoms with E-state index in [1.165, 1.54) is 5.56 Å². The Morgan fingerprint density at radius 3 is 2.89 bits per heavy atom. The lowest BCUT2D eigenvalue weighted by Gasteiger charge is -2.20. The number of Topliss-reactive ketones (excluding diaryl/α,β-unsaturated/α-hetero) is 1. The number of benzene rings is 1. The first-order valence-electron chi connectivity index (χ1n) is 6.45. The fourth-order valence-electron chi connectivity index (χ4n) is 2.62. The van der Waals surface area contributed by atoms with E-state index in [-0.39, 0.29) is 11.7 Å². The minimum atomic E-state index is 0.123. The van der Waals surface area contributed by atoms with Crippen LogP contribution in [0.5, 0.6) is 0 Å². The second-order valence-corrected chi connectivity index (χ2v) is 5.00. The highest BCUT2D eigenvalue weighted by atomic mass is 16.5. The van der Waals surface area contributed by atoms with Crippen molar-refractivity contribution < 1.29 is 9.53 Å². The number of hydrogen-bond donors (Lipinski definition) is 1. The molecule has 0 amide bonds. The van der Waals surface area contributed by atoms with Crippen LogP contribution in [0.1, 0.15) is 28.8 Å². The zero-order valence-corrected chi connectivity index (χ0v) is 10.5. The highest BCUT2D eigenvalue weighted by molar-refractivity contribution is 6.09. The van der Waals surface area contributed by atoms with Crippen LogP contribution in [0.4, 0.5) is 0 Å². The van der Waals surface area contributed by atoms with Crippen molar-refractivity contribution in [3.05, 3.63) is 35.5 Å². The van der Waals surface area contributed by atoms with Gasteiger partial charge in [0.2, 0.25) is 0 Å². The van der Waals surface area contributed by atoms with Gasteiger partial charge in [0.25, 0.3) is 0 Å². The van der Waals surface area contributed by atoms with Crippen LogP contribution in [-0.2, 0) is 4.74 Å². The van der Waals surface area contributed by atoms with Crippen LogP contribution in [0.25, 0.3) is 10.9 Å². The molecule has 3 rings (SSSR count). The number of fused-ring (bicyclic) bond motifs is 1. The molecule has 3 nitrogen and oxygen atoms in total. The molecule has 1 aromatic heterocycles. The van der Waals surface area contributed by atoms with Crippen LogP contribution in [0.3, 0.4) is 0 Å². The fourth-order valence-corrected chi connectivity index (χ4v) is 2.62. The Hall–Kier alpha value is -1.61. The SMILES string of the molecule is Cc1ccc2[nH]cc(C(=O)C3CCOCC3)c2c1. The molecular weight excluding hydrogens is 226 g/mol. The Kier molecular flexibility index (Phi) is 2.92. The number of H-pyrrole nitrogens is 1. The van der Waals surface area contributed by atoms with E-state index < -0.39 is 0 Å². The predicted octanol–water partition coefficient (Wildman–Crippen LogP) is 3.09. The zero-order chi connectivity index (χ0) is 12.5. The highest BCUT2D eigenvalue weighted by Gasteiger charge is 2.24. The third-order valence-corrected chi connectivity index (χ3v) is 3.69. The van der Waals surface area contributed by atoms with Crippen LogP contribution in [-0.4, -0.2) is 24.0 Å². The van der Waals surface area contributed by atoms with Crippen molar-refractivity contribution in [3.63, 3.8) is 0 Å². The standard InChI is InChI=1S/C15H17NO2/c1-10-2-3-14-12(8-10)13(9-16-14)15(17)11-4-6-18-7-5-11/h2-3,8-9,11,16H,4-7H2,1H3. The molecule has 0 bridgehead atoms. The molecular formula is C15H17NO2. The number of rotatable bonds is 2. The molecule has 0 spiro atoms. The molecule has 2 aromatic rings. The van der Waals surface area contributed by atoms with Crippen molar-refractivity contribution in [1.29, 1.82) is 0 Å². The van der Waals surface area contributed by atoms with Crippen molar-refractivity contribution in [2.45, 2.75) is 19.8 Å². The first kappa shape index (κ1) is 11.5. The van der Waals surface area contributed by atoms with E-state index in [4.69, 9.17) is 4.74 Å². The Morgan fingerprint density at radius 1 is 1.33 bits per heavy atom. The quantitative estimate of drug-likeness (QED) is 0.823. The van der Waals surface area contributed by atoms with Gasteiger partial charge in [-0.05, 0) is 31.9 Å². The van der Waals surface area contributed by atoms with Crippen molar-refractivity contribution in [2.24, 2.45) is 5.92 Å². The number of hydrogen-bond acceptors (Lipinski definition) is 2. The number of ether oxygens (including phenoxy) is 1. The van der Waals surface area contributed by atoms with Gasteiger partial charge in [0.1, 0.15) is 0 Å². The van der Waals surface area contributed by atoms with E-state index in [2.05, 4.69) is 24.0 Å². The number of ketones is 1. The number of nitrogens with one attached hydrogen (secondary N) is 1. The minimum absolute atomic E-state index is 0.123. The fraction of sp³-hybridized carbons (Fsp3) is 0.400. The maximum Gasteiger partial charge on any atom is 0.168 e. The van der Waals surface area contributed by atoms with Gasteiger partial charge in [0, 0.05) is 41.8 Å². The van der Waals surface area contributed by atoms with Crippen molar-refractivity contribution in [2.75, 3.05) is 13.2 Å². The summed E-state index contributed by atoms with van der Waals surface area (Å²) in [4.78, 5) is 15.7. The summed E-state index contributed by atoms with van der Waals surface area (Å²) in [5.74, 6) is 0.383. The molecule has 0 aliphatic carbocycles. The molecule has 0 unspecified atom stereocenters. The summed E-state index contributed by atoms with van der Waals surface area (Å²) < 4.78 is 5.31. The maximum absolute atomic E-state index is 12.5. The monoisotopic (exact) mass is 243 g/mol. The van der Waals surface area contributed by atoms with Crippen LogP contribution in [0.2, 0.25) is 0 Å². The van der Waals surface area contributed by atoms with E-state index in [9.17, 15) is 4.79 Å². The molecule has 2 heterocycles. The summed E-state index contributed by atoms with van der Waals surface area (Å²) >= 11 is 0. The summed E-state index contributed by atoms with van der Waals surface area (Å²) in [5, 5.41) is 1.05. The Bertz CT molecular complexity index is 579. The Balaban J connectivity index is 1.98. The largest absolute Gasteiger partial charge is 0.381 e. The molecule has 1 saturated heterocycles. The molecule has 1 aliphatic heterocycles. The van der Waals surface area contributed by atoms with Crippen LogP contribution in [0.15, 0.2) is 24.4 Å². The molecule has 0 atom stereocenters. The van der Waals surface area contributed by atoms with Crippen molar-refractivity contribution in [1.82, 2.24) is 4.98 Å². The number of aromatic nitrogens is 1. The van der Waals surface area contributed by atoms with Gasteiger partial charge in [-0.1, -0.05) is 11.6 Å². The van der Waals surface area contributed by atoms with Gasteiger partial charge in [-0.2, -0.15) is 0 Å². The zero-order valence-electron chi connectivity index (χ0n) is 10.5. The molecule has 1 aromatic carbocycles. The molecule has 0 saturated carbocycles. The molecule has 1 fully saturated rings. The Labute approximate surface area is 106 Å². The van der Waals surface area contributed by atoms with Crippen LogP contribution in [0, 0.1) is 12.8 Å². The number of carbonyl (C=O) groups excluding carboxylic acids is 1. The summed E-state index contributed by atoms with van der Waals surface area (Å²) in [6.45, 7) is 3.46. The lowest BCUT2D eigenvalue weighted by Crippen LogP contribution is -2.23. The summed E-state index contributed by atoms with van der Waals surface area (Å²) in [7, 11) is 0. The van der Waals surface area contributed by atoms with Crippen LogP contribution >= 0.6 is 0 Å². The van der Waals surface area contributed by atoms with Crippen molar-refractivity contribution >= 4 is 16.7 Å². The van der Waals surface area contributed by atoms with Gasteiger partial charge in [0.05, 0.1) is 0 Å². The second kappa shape index (κ2) is 4.58. The normalized spacial score (nSPS) is 17.2. The summed E-state index contributed by atoms with van der Waals surface area (Å²) in [6, 6.07) is 6.17. The number of carbonyl (C=O) groups is 1. The summed E-state index contributed by atoms with van der Waals surface area (Å²) in [5.41, 5.74) is 3.06. The first-order chi connectivity index (χ1) is 8.75. The molecule has 3 heteroatoms. The molecule has 0 radical (unpaired) electrons. The van der Waals surface area contributed by atoms with E-state index in [0.717, 1.165) is 29.3 Å². The van der Waals surface area contributed by atoms with Crippen LogP contribution < -0.4 is 0 Å². The van der Waals surface area contributed by atoms with Gasteiger partial charge >= 0.3 is 0 Å². The van der Waals surface area contributed by atoms with E-state index in [1.54, 1.807) is 0 Å². The molecule has 18 heavy (non-hydrogen) atoms. The highest BCUT2D eigenvalue weighted by Crippen LogP contribution is 2.26. The lowest BCUT2D eigenvalue weighted by molar-refractivity contribution is 0.0546. The molecule has 1 aliphatic rings. The third kappa shape index (κ3) is 1.95. The number of aromatic amines is 1. The van der Waals surface area contributed by atoms with Gasteiger partial charge in [-0.15, -0.1) is 0 Å². The van der Waals surface area contributed by atoms with Gasteiger partial charge < -0.3 is 9.72 Å².